The Hall–Kier alpha value is -0.870. The highest BCUT2D eigenvalue weighted by atomic mass is 32.2. The molecule has 1 N–H and O–H groups in total. The van der Waals surface area contributed by atoms with E-state index in [1.54, 1.807) is 6.92 Å². The zero-order chi connectivity index (χ0) is 13.3. The van der Waals surface area contributed by atoms with Crippen molar-refractivity contribution >= 4 is 9.84 Å². The fourth-order valence-electron chi connectivity index (χ4n) is 1.60. The van der Waals surface area contributed by atoms with Gasteiger partial charge in [-0.3, -0.25) is 0 Å². The minimum absolute atomic E-state index is 0.00702. The summed E-state index contributed by atoms with van der Waals surface area (Å²) in [6.07, 6.45) is 1.40. The molecule has 0 amide bonds. The van der Waals surface area contributed by atoms with Gasteiger partial charge in [-0.2, -0.15) is 0 Å². The molecule has 0 bridgehead atoms. The molecule has 0 heterocycles. The van der Waals surface area contributed by atoms with Crippen LogP contribution in [0.15, 0.2) is 18.2 Å². The zero-order valence-corrected chi connectivity index (χ0v) is 11.6. The van der Waals surface area contributed by atoms with E-state index in [9.17, 15) is 13.5 Å². The van der Waals surface area contributed by atoms with Crippen molar-refractivity contribution in [3.63, 3.8) is 0 Å². The van der Waals surface area contributed by atoms with E-state index in [0.29, 0.717) is 0 Å². The maximum absolute atomic E-state index is 11.1. The number of hydrogen-bond acceptors (Lipinski definition) is 3. The summed E-state index contributed by atoms with van der Waals surface area (Å²) >= 11 is 0. The molecule has 1 unspecified atom stereocenters. The van der Waals surface area contributed by atoms with Gasteiger partial charge in [0.15, 0.2) is 0 Å². The normalized spacial score (nSPS) is 15.6. The minimum Gasteiger partial charge on any atom is -0.385 e. The van der Waals surface area contributed by atoms with Gasteiger partial charge in [-0.05, 0) is 43.9 Å². The van der Waals surface area contributed by atoms with E-state index >= 15 is 0 Å². The Morgan fingerprint density at radius 1 is 1.24 bits per heavy atom. The van der Waals surface area contributed by atoms with Crippen molar-refractivity contribution in [2.24, 2.45) is 0 Å². The molecule has 17 heavy (non-hydrogen) atoms. The van der Waals surface area contributed by atoms with Crippen LogP contribution in [0.2, 0.25) is 0 Å². The van der Waals surface area contributed by atoms with Gasteiger partial charge >= 0.3 is 0 Å². The summed E-state index contributed by atoms with van der Waals surface area (Å²) in [5, 5.41) is 10.3. The first kappa shape index (κ1) is 14.2. The van der Waals surface area contributed by atoms with Crippen molar-refractivity contribution in [2.75, 3.05) is 12.0 Å². The van der Waals surface area contributed by atoms with Crippen molar-refractivity contribution < 1.29 is 13.5 Å². The number of sulfone groups is 1. The molecular formula is C13H20O3S. The molecule has 0 fully saturated rings. The van der Waals surface area contributed by atoms with Crippen LogP contribution >= 0.6 is 0 Å². The van der Waals surface area contributed by atoms with Gasteiger partial charge in [0.25, 0.3) is 0 Å². The number of aryl methyl sites for hydroxylation is 2. The number of benzene rings is 1. The van der Waals surface area contributed by atoms with Crippen LogP contribution in [0.5, 0.6) is 0 Å². The van der Waals surface area contributed by atoms with Crippen molar-refractivity contribution in [2.45, 2.75) is 32.8 Å². The van der Waals surface area contributed by atoms with Crippen LogP contribution in [-0.4, -0.2) is 25.5 Å². The summed E-state index contributed by atoms with van der Waals surface area (Å²) in [5.41, 5.74) is 1.93. The van der Waals surface area contributed by atoms with Gasteiger partial charge in [-0.15, -0.1) is 0 Å². The van der Waals surface area contributed by atoms with Crippen molar-refractivity contribution in [3.05, 3.63) is 34.9 Å². The topological polar surface area (TPSA) is 54.4 Å². The van der Waals surface area contributed by atoms with Crippen LogP contribution in [0.3, 0.4) is 0 Å². The largest absolute Gasteiger partial charge is 0.385 e. The van der Waals surface area contributed by atoms with Crippen molar-refractivity contribution in [3.8, 4) is 0 Å². The molecule has 96 valence electrons. The SMILES string of the molecule is Cc1ccc(C(C)(O)CCS(C)(=O)=O)cc1C. The van der Waals surface area contributed by atoms with Crippen LogP contribution in [-0.2, 0) is 15.4 Å². The molecule has 0 spiro atoms. The Balaban J connectivity index is 2.92. The molecule has 0 aliphatic carbocycles. The summed E-state index contributed by atoms with van der Waals surface area (Å²) < 4.78 is 22.2. The Kier molecular flexibility index (Phi) is 3.99. The summed E-state index contributed by atoms with van der Waals surface area (Å²) in [6.45, 7) is 5.64. The fraction of sp³-hybridized carbons (Fsp3) is 0.538. The van der Waals surface area contributed by atoms with Crippen LogP contribution in [0.1, 0.15) is 30.0 Å². The van der Waals surface area contributed by atoms with Crippen LogP contribution in [0.4, 0.5) is 0 Å². The summed E-state index contributed by atoms with van der Waals surface area (Å²) in [6, 6.07) is 5.71. The monoisotopic (exact) mass is 256 g/mol. The summed E-state index contributed by atoms with van der Waals surface area (Å²) in [7, 11) is -3.04. The first-order chi connectivity index (χ1) is 7.62. The van der Waals surface area contributed by atoms with Crippen molar-refractivity contribution in [1.29, 1.82) is 0 Å². The maximum Gasteiger partial charge on any atom is 0.147 e. The van der Waals surface area contributed by atoms with Crippen LogP contribution in [0, 0.1) is 13.8 Å². The van der Waals surface area contributed by atoms with Crippen LogP contribution in [0.25, 0.3) is 0 Å². The van der Waals surface area contributed by atoms with E-state index in [4.69, 9.17) is 0 Å². The maximum atomic E-state index is 11.1. The van der Waals surface area contributed by atoms with E-state index < -0.39 is 15.4 Å². The second kappa shape index (κ2) is 4.78. The molecule has 1 rings (SSSR count). The lowest BCUT2D eigenvalue weighted by Crippen LogP contribution is -2.25. The van der Waals surface area contributed by atoms with E-state index in [0.717, 1.165) is 16.7 Å². The van der Waals surface area contributed by atoms with Gasteiger partial charge in [-0.1, -0.05) is 18.2 Å². The van der Waals surface area contributed by atoms with E-state index in [1.165, 1.54) is 6.26 Å². The molecule has 0 aliphatic heterocycles. The number of hydrogen-bond donors (Lipinski definition) is 1. The van der Waals surface area contributed by atoms with Crippen LogP contribution < -0.4 is 0 Å². The number of aliphatic hydroxyl groups is 1. The highest BCUT2D eigenvalue weighted by Crippen LogP contribution is 2.26. The highest BCUT2D eigenvalue weighted by molar-refractivity contribution is 7.90. The van der Waals surface area contributed by atoms with E-state index in [-0.39, 0.29) is 12.2 Å². The van der Waals surface area contributed by atoms with Gasteiger partial charge in [-0.25, -0.2) is 8.42 Å². The predicted octanol–water partition coefficient (Wildman–Crippen LogP) is 1.95. The van der Waals surface area contributed by atoms with Crippen molar-refractivity contribution in [1.82, 2.24) is 0 Å². The molecule has 1 atom stereocenters. The molecule has 0 saturated carbocycles. The Morgan fingerprint density at radius 2 is 1.82 bits per heavy atom. The molecular weight excluding hydrogens is 236 g/mol. The lowest BCUT2D eigenvalue weighted by molar-refractivity contribution is 0.0538. The number of rotatable bonds is 4. The highest BCUT2D eigenvalue weighted by Gasteiger charge is 2.24. The Bertz CT molecular complexity index is 501. The minimum atomic E-state index is -3.04. The lowest BCUT2D eigenvalue weighted by Gasteiger charge is -2.24. The van der Waals surface area contributed by atoms with Gasteiger partial charge in [0.1, 0.15) is 9.84 Å². The Labute approximate surface area is 103 Å². The summed E-state index contributed by atoms with van der Waals surface area (Å²) in [5.74, 6) is -0.00702. The quantitative estimate of drug-likeness (QED) is 0.895. The van der Waals surface area contributed by atoms with Gasteiger partial charge in [0.05, 0.1) is 11.4 Å². The molecule has 0 saturated heterocycles. The standard InChI is InChI=1S/C13H20O3S/c1-10-5-6-12(9-11(10)2)13(3,14)7-8-17(4,15)16/h5-6,9,14H,7-8H2,1-4H3. The van der Waals surface area contributed by atoms with Gasteiger partial charge < -0.3 is 5.11 Å². The molecule has 1 aromatic rings. The van der Waals surface area contributed by atoms with Gasteiger partial charge in [0.2, 0.25) is 0 Å². The Morgan fingerprint density at radius 3 is 2.29 bits per heavy atom. The molecule has 0 aromatic heterocycles. The fourth-order valence-corrected chi connectivity index (χ4v) is 2.37. The zero-order valence-electron chi connectivity index (χ0n) is 10.8. The molecule has 4 heteroatoms. The summed E-state index contributed by atoms with van der Waals surface area (Å²) in [4.78, 5) is 0. The second-order valence-corrected chi connectivity index (χ2v) is 7.21. The third-order valence-electron chi connectivity index (χ3n) is 3.09. The average Bonchev–Trinajstić information content (AvgIpc) is 2.18. The molecule has 1 aromatic carbocycles. The third kappa shape index (κ3) is 4.13. The average molecular weight is 256 g/mol. The first-order valence-electron chi connectivity index (χ1n) is 5.60. The molecule has 0 aliphatic rings. The molecule has 0 radical (unpaired) electrons. The van der Waals surface area contributed by atoms with E-state index in [2.05, 4.69) is 0 Å². The third-order valence-corrected chi connectivity index (χ3v) is 4.03. The van der Waals surface area contributed by atoms with Gasteiger partial charge in [0, 0.05) is 6.26 Å². The van der Waals surface area contributed by atoms with E-state index in [1.807, 2.05) is 32.0 Å². The lowest BCUT2D eigenvalue weighted by atomic mass is 9.91. The predicted molar refractivity (Wildman–Crippen MR) is 69.8 cm³/mol. The smallest absolute Gasteiger partial charge is 0.147 e. The first-order valence-corrected chi connectivity index (χ1v) is 7.66. The molecule has 3 nitrogen and oxygen atoms in total. The second-order valence-electron chi connectivity index (χ2n) is 4.95.